The van der Waals surface area contributed by atoms with E-state index in [1.807, 2.05) is 0 Å². The largest absolute Gasteiger partial charge is 0.395 e. The zero-order valence-corrected chi connectivity index (χ0v) is 4.68. The van der Waals surface area contributed by atoms with Gasteiger partial charge in [-0.15, -0.1) is 7.05 Å². The van der Waals surface area contributed by atoms with Gasteiger partial charge in [0.25, 0.3) is 0 Å². The smallest absolute Gasteiger partial charge is 0.387 e. The Morgan fingerprint density at radius 3 is 2.75 bits per heavy atom. The second-order valence-electron chi connectivity index (χ2n) is 1.99. The lowest BCUT2D eigenvalue weighted by molar-refractivity contribution is -0.490. The number of rotatable bonds is 1. The number of hydrogen-bond donors (Lipinski definition) is 2. The van der Waals surface area contributed by atoms with Crippen LogP contribution in [0, 0.1) is 7.05 Å². The summed E-state index contributed by atoms with van der Waals surface area (Å²) in [7, 11) is 3.33. The lowest BCUT2D eigenvalue weighted by atomic mass is 10.7. The van der Waals surface area contributed by atoms with Crippen LogP contribution in [-0.2, 0) is 0 Å². The second-order valence-corrected chi connectivity index (χ2v) is 1.99. The molecule has 1 rings (SSSR count). The van der Waals surface area contributed by atoms with E-state index in [4.69, 9.17) is 0 Å². The van der Waals surface area contributed by atoms with Crippen LogP contribution >= 0.6 is 0 Å². The number of carbonyl (C=O) groups is 1. The van der Waals surface area contributed by atoms with E-state index >= 15 is 0 Å². The molecule has 1 aliphatic rings. The standard InChI is InChI=1S/C5H10N2O/c1-6-5(8)7-4-2-3-4/h4H,1-3,6H2,(H,7,8). The van der Waals surface area contributed by atoms with E-state index in [2.05, 4.69) is 12.4 Å². The SMILES string of the molecule is [CH2-][NH2+]C(=O)NC1CC1. The van der Waals surface area contributed by atoms with Crippen molar-refractivity contribution in [3.8, 4) is 0 Å². The average Bonchev–Trinajstić information content (AvgIpc) is 2.50. The summed E-state index contributed by atoms with van der Waals surface area (Å²) >= 11 is 0. The summed E-state index contributed by atoms with van der Waals surface area (Å²) in [6.45, 7) is 0. The number of carbonyl (C=O) groups excluding carboxylic acids is 1. The Kier molecular flexibility index (Phi) is 1.48. The molecule has 0 heterocycles. The zero-order valence-electron chi connectivity index (χ0n) is 4.68. The van der Waals surface area contributed by atoms with Crippen LogP contribution in [-0.4, -0.2) is 12.1 Å². The highest BCUT2D eigenvalue weighted by Gasteiger charge is 2.23. The van der Waals surface area contributed by atoms with Gasteiger partial charge in [-0.2, -0.15) is 0 Å². The molecule has 0 aromatic rings. The predicted octanol–water partition coefficient (Wildman–Crippen LogP) is -0.787. The molecular weight excluding hydrogens is 104 g/mol. The van der Waals surface area contributed by atoms with E-state index in [0.29, 0.717) is 6.04 Å². The fourth-order valence-corrected chi connectivity index (χ4v) is 0.488. The summed E-state index contributed by atoms with van der Waals surface area (Å²) < 4.78 is 0. The Hall–Kier alpha value is -0.570. The Morgan fingerprint density at radius 1 is 1.75 bits per heavy atom. The van der Waals surface area contributed by atoms with E-state index in [9.17, 15) is 4.79 Å². The first-order valence-corrected chi connectivity index (χ1v) is 2.76. The number of quaternary nitrogens is 1. The predicted molar refractivity (Wildman–Crippen MR) is 28.8 cm³/mol. The van der Waals surface area contributed by atoms with Crippen LogP contribution in [0.25, 0.3) is 0 Å². The van der Waals surface area contributed by atoms with Gasteiger partial charge in [0.2, 0.25) is 0 Å². The number of nitrogens with two attached hydrogens (primary N) is 1. The molecule has 0 bridgehead atoms. The number of primary amides is 1. The van der Waals surface area contributed by atoms with Crippen molar-refractivity contribution in [2.45, 2.75) is 18.9 Å². The lowest BCUT2D eigenvalue weighted by Crippen LogP contribution is -2.84. The molecule has 8 heavy (non-hydrogen) atoms. The van der Waals surface area contributed by atoms with Crippen LogP contribution in [0.3, 0.4) is 0 Å². The summed E-state index contributed by atoms with van der Waals surface area (Å²) in [6, 6.07) is 0.410. The molecule has 1 aliphatic carbocycles. The Morgan fingerprint density at radius 2 is 2.38 bits per heavy atom. The normalized spacial score (nSPS) is 18.1. The molecule has 2 amide bonds. The molecule has 0 radical (unpaired) electrons. The molecule has 3 heteroatoms. The van der Waals surface area contributed by atoms with Crippen LogP contribution in [0.1, 0.15) is 12.8 Å². The number of amides is 2. The Labute approximate surface area is 48.5 Å². The molecule has 0 aromatic heterocycles. The van der Waals surface area contributed by atoms with Gasteiger partial charge >= 0.3 is 6.03 Å². The highest BCUT2D eigenvalue weighted by atomic mass is 16.2. The van der Waals surface area contributed by atoms with Gasteiger partial charge in [-0.25, -0.2) is 4.79 Å². The van der Waals surface area contributed by atoms with E-state index < -0.39 is 0 Å². The molecule has 0 saturated heterocycles. The third-order valence-electron chi connectivity index (χ3n) is 1.11. The molecule has 0 aliphatic heterocycles. The van der Waals surface area contributed by atoms with Crippen molar-refractivity contribution in [3.63, 3.8) is 0 Å². The van der Waals surface area contributed by atoms with Gasteiger partial charge in [0.15, 0.2) is 0 Å². The summed E-state index contributed by atoms with van der Waals surface area (Å²) in [6.07, 6.45) is 2.28. The van der Waals surface area contributed by atoms with Crippen molar-refractivity contribution in [2.24, 2.45) is 0 Å². The minimum atomic E-state index is -0.0486. The van der Waals surface area contributed by atoms with Crippen molar-refractivity contribution in [2.75, 3.05) is 0 Å². The summed E-state index contributed by atoms with van der Waals surface area (Å²) in [4.78, 5) is 10.4. The third-order valence-corrected chi connectivity index (χ3v) is 1.11. The number of hydrogen-bond acceptors (Lipinski definition) is 1. The maximum absolute atomic E-state index is 10.4. The molecule has 0 unspecified atom stereocenters. The molecule has 1 fully saturated rings. The van der Waals surface area contributed by atoms with Crippen LogP contribution in [0.4, 0.5) is 4.79 Å². The molecule has 0 spiro atoms. The average molecular weight is 114 g/mol. The van der Waals surface area contributed by atoms with Gasteiger partial charge in [0.05, 0.1) is 0 Å². The van der Waals surface area contributed by atoms with Crippen LogP contribution in [0.15, 0.2) is 0 Å². The first-order valence-electron chi connectivity index (χ1n) is 2.76. The van der Waals surface area contributed by atoms with Crippen molar-refractivity contribution >= 4 is 6.03 Å². The van der Waals surface area contributed by atoms with Gasteiger partial charge in [-0.05, 0) is 12.8 Å². The van der Waals surface area contributed by atoms with E-state index in [1.54, 1.807) is 0 Å². The summed E-state index contributed by atoms with van der Waals surface area (Å²) in [5.74, 6) is 0. The van der Waals surface area contributed by atoms with Crippen LogP contribution < -0.4 is 10.6 Å². The number of urea groups is 1. The third kappa shape index (κ3) is 1.50. The molecule has 3 nitrogen and oxygen atoms in total. The van der Waals surface area contributed by atoms with Crippen molar-refractivity contribution < 1.29 is 10.1 Å². The lowest BCUT2D eigenvalue weighted by Gasteiger charge is -1.97. The maximum atomic E-state index is 10.4. The molecule has 46 valence electrons. The Balaban J connectivity index is 2.07. The molecule has 0 atom stereocenters. The first-order chi connectivity index (χ1) is 3.83. The topological polar surface area (TPSA) is 45.7 Å². The van der Waals surface area contributed by atoms with Crippen LogP contribution in [0.2, 0.25) is 0 Å². The molecular formula is C5H10N2O. The molecule has 1 saturated carbocycles. The van der Waals surface area contributed by atoms with E-state index in [1.165, 1.54) is 5.32 Å². The van der Waals surface area contributed by atoms with Crippen LogP contribution in [0.5, 0.6) is 0 Å². The van der Waals surface area contributed by atoms with Crippen molar-refractivity contribution in [1.29, 1.82) is 0 Å². The van der Waals surface area contributed by atoms with Gasteiger partial charge in [0.1, 0.15) is 0 Å². The fourth-order valence-electron chi connectivity index (χ4n) is 0.488. The number of nitrogens with one attached hydrogen (secondary N) is 1. The monoisotopic (exact) mass is 114 g/mol. The zero-order chi connectivity index (χ0) is 5.98. The van der Waals surface area contributed by atoms with E-state index in [-0.39, 0.29) is 6.03 Å². The summed E-state index contributed by atoms with van der Waals surface area (Å²) in [5.41, 5.74) is 0. The van der Waals surface area contributed by atoms with Gasteiger partial charge in [-0.1, -0.05) is 0 Å². The van der Waals surface area contributed by atoms with Gasteiger partial charge in [-0.3, -0.25) is 0 Å². The van der Waals surface area contributed by atoms with Crippen molar-refractivity contribution in [3.05, 3.63) is 7.05 Å². The Bertz CT molecular complexity index is 98.6. The van der Waals surface area contributed by atoms with E-state index in [0.717, 1.165) is 12.8 Å². The minimum absolute atomic E-state index is 0.0486. The van der Waals surface area contributed by atoms with Gasteiger partial charge < -0.3 is 10.6 Å². The maximum Gasteiger partial charge on any atom is 0.387 e. The highest BCUT2D eigenvalue weighted by molar-refractivity contribution is 5.63. The van der Waals surface area contributed by atoms with Crippen molar-refractivity contribution in [1.82, 2.24) is 5.32 Å². The van der Waals surface area contributed by atoms with Gasteiger partial charge in [0, 0.05) is 6.04 Å². The molecule has 0 aromatic carbocycles. The highest BCUT2D eigenvalue weighted by Crippen LogP contribution is 2.17. The second kappa shape index (κ2) is 2.13. The first kappa shape index (κ1) is 5.56. The summed E-state index contributed by atoms with van der Waals surface area (Å²) in [5, 5.41) is 4.05. The molecule has 3 N–H and O–H groups in total. The quantitative estimate of drug-likeness (QED) is 0.431. The minimum Gasteiger partial charge on any atom is -0.395 e. The fraction of sp³-hybridized carbons (Fsp3) is 0.600.